The van der Waals surface area contributed by atoms with Gasteiger partial charge in [-0.2, -0.15) is 5.10 Å². The summed E-state index contributed by atoms with van der Waals surface area (Å²) < 4.78 is 33.2. The summed E-state index contributed by atoms with van der Waals surface area (Å²) in [5.74, 6) is 0. The Kier molecular flexibility index (Phi) is 5.25. The van der Waals surface area contributed by atoms with E-state index in [4.69, 9.17) is 14.2 Å². The minimum Gasteiger partial charge on any atom is -0.444 e. The van der Waals surface area contributed by atoms with E-state index >= 15 is 0 Å². The van der Waals surface area contributed by atoms with Gasteiger partial charge in [-0.25, -0.2) is 9.18 Å². The van der Waals surface area contributed by atoms with Gasteiger partial charge in [0, 0.05) is 18.2 Å². The average Bonchev–Trinajstić information content (AvgIpc) is 3.16. The zero-order valence-electron chi connectivity index (χ0n) is 17.9. The molecule has 1 unspecified atom stereocenters. The molecule has 0 bridgehead atoms. The van der Waals surface area contributed by atoms with Crippen LogP contribution in [0.15, 0.2) is 12.4 Å². The van der Waals surface area contributed by atoms with Crippen molar-refractivity contribution in [3.8, 4) is 0 Å². The molecule has 28 heavy (non-hydrogen) atoms. The first-order valence-electron chi connectivity index (χ1n) is 9.79. The van der Waals surface area contributed by atoms with Gasteiger partial charge in [-0.15, -0.1) is 0 Å². The van der Waals surface area contributed by atoms with Gasteiger partial charge in [0.05, 0.1) is 36.5 Å². The smallest absolute Gasteiger partial charge is 0.410 e. The first-order valence-corrected chi connectivity index (χ1v) is 9.79. The molecule has 7 nitrogen and oxygen atoms in total. The summed E-state index contributed by atoms with van der Waals surface area (Å²) in [5, 5.41) is 4.37. The van der Waals surface area contributed by atoms with Crippen LogP contribution < -0.4 is 0 Å². The quantitative estimate of drug-likeness (QED) is 0.775. The second-order valence-electron chi connectivity index (χ2n) is 9.70. The molecule has 158 valence electrons. The molecule has 2 saturated heterocycles. The fourth-order valence-electron chi connectivity index (χ4n) is 3.37. The maximum absolute atomic E-state index is 14.0. The molecule has 2 aliphatic heterocycles. The molecule has 8 heteroatoms. The van der Waals surface area contributed by atoms with E-state index in [1.807, 2.05) is 33.9 Å². The number of ether oxygens (including phenoxy) is 3. The van der Waals surface area contributed by atoms with Crippen molar-refractivity contribution in [1.82, 2.24) is 14.7 Å². The summed E-state index contributed by atoms with van der Waals surface area (Å²) >= 11 is 0. The topological polar surface area (TPSA) is 65.8 Å². The van der Waals surface area contributed by atoms with E-state index in [-0.39, 0.29) is 19.0 Å². The number of aromatic nitrogens is 2. The summed E-state index contributed by atoms with van der Waals surface area (Å²) in [5.41, 5.74) is -0.677. The molecule has 0 saturated carbocycles. The van der Waals surface area contributed by atoms with E-state index in [1.54, 1.807) is 31.6 Å². The van der Waals surface area contributed by atoms with Gasteiger partial charge in [-0.1, -0.05) is 0 Å². The Hall–Kier alpha value is -1.67. The van der Waals surface area contributed by atoms with Crippen LogP contribution in [-0.4, -0.2) is 56.3 Å². The van der Waals surface area contributed by atoms with Crippen molar-refractivity contribution in [2.45, 2.75) is 96.7 Å². The van der Waals surface area contributed by atoms with Gasteiger partial charge in [0.25, 0.3) is 0 Å². The predicted molar refractivity (Wildman–Crippen MR) is 102 cm³/mol. The molecule has 1 aromatic heterocycles. The highest BCUT2D eigenvalue weighted by Gasteiger charge is 2.49. The normalized spacial score (nSPS) is 27.4. The molecule has 0 radical (unpaired) electrons. The van der Waals surface area contributed by atoms with E-state index in [0.717, 1.165) is 5.56 Å². The molecule has 0 N–H and O–H groups in total. The van der Waals surface area contributed by atoms with Gasteiger partial charge in [0.1, 0.15) is 11.8 Å². The van der Waals surface area contributed by atoms with Crippen molar-refractivity contribution in [2.75, 3.05) is 6.54 Å². The summed E-state index contributed by atoms with van der Waals surface area (Å²) in [6, 6.07) is -0.309. The van der Waals surface area contributed by atoms with E-state index in [2.05, 4.69) is 5.10 Å². The second kappa shape index (κ2) is 6.99. The summed E-state index contributed by atoms with van der Waals surface area (Å²) in [4.78, 5) is 13.9. The number of hydrogen-bond donors (Lipinski definition) is 0. The van der Waals surface area contributed by atoms with Gasteiger partial charge in [0.2, 0.25) is 0 Å². The number of alkyl halides is 1. The minimum absolute atomic E-state index is 0.0466. The van der Waals surface area contributed by atoms with Crippen LogP contribution in [0, 0.1) is 0 Å². The van der Waals surface area contributed by atoms with Gasteiger partial charge in [0.15, 0.2) is 6.29 Å². The predicted octanol–water partition coefficient (Wildman–Crippen LogP) is 3.83. The second-order valence-corrected chi connectivity index (χ2v) is 9.70. The molecule has 1 amide bonds. The number of carbonyl (C=O) groups excluding carboxylic acids is 1. The van der Waals surface area contributed by atoms with E-state index < -0.39 is 35.4 Å². The van der Waals surface area contributed by atoms with E-state index in [1.165, 1.54) is 4.90 Å². The average molecular weight is 397 g/mol. The highest BCUT2D eigenvalue weighted by molar-refractivity contribution is 5.69. The van der Waals surface area contributed by atoms with Crippen LogP contribution in [-0.2, 0) is 20.8 Å². The van der Waals surface area contributed by atoms with Crippen LogP contribution in [0.25, 0.3) is 0 Å². The van der Waals surface area contributed by atoms with Crippen LogP contribution in [0.1, 0.15) is 66.7 Å². The number of rotatable bonds is 3. The van der Waals surface area contributed by atoms with Gasteiger partial charge < -0.3 is 19.1 Å². The summed E-state index contributed by atoms with van der Waals surface area (Å²) in [7, 11) is 0. The van der Waals surface area contributed by atoms with Crippen LogP contribution in [0.3, 0.4) is 0 Å². The third kappa shape index (κ3) is 4.33. The lowest BCUT2D eigenvalue weighted by Crippen LogP contribution is -2.41. The minimum atomic E-state index is -1.06. The van der Waals surface area contributed by atoms with Crippen molar-refractivity contribution in [1.29, 1.82) is 0 Å². The summed E-state index contributed by atoms with van der Waals surface area (Å²) in [6.45, 7) is 13.8. The van der Waals surface area contributed by atoms with Crippen molar-refractivity contribution in [2.24, 2.45) is 0 Å². The number of halogens is 1. The largest absolute Gasteiger partial charge is 0.444 e. The zero-order chi connectivity index (χ0) is 20.9. The van der Waals surface area contributed by atoms with Crippen molar-refractivity contribution >= 4 is 6.09 Å². The Balaban J connectivity index is 1.68. The van der Waals surface area contributed by atoms with Gasteiger partial charge in [-0.3, -0.25) is 4.68 Å². The fourth-order valence-corrected chi connectivity index (χ4v) is 3.37. The molecule has 2 fully saturated rings. The highest BCUT2D eigenvalue weighted by Crippen LogP contribution is 2.44. The number of hydrogen-bond acceptors (Lipinski definition) is 5. The maximum atomic E-state index is 14.0. The Morgan fingerprint density at radius 3 is 2.46 bits per heavy atom. The molecule has 3 rings (SSSR count). The number of carbonyl (C=O) groups is 1. The molecule has 2 aliphatic rings. The van der Waals surface area contributed by atoms with Gasteiger partial charge in [-0.05, 0) is 48.5 Å². The third-order valence-electron chi connectivity index (χ3n) is 5.57. The van der Waals surface area contributed by atoms with E-state index in [9.17, 15) is 9.18 Å². The molecule has 1 aromatic rings. The Labute approximate surface area is 166 Å². The van der Waals surface area contributed by atoms with Crippen molar-refractivity contribution in [3.05, 3.63) is 18.0 Å². The molecule has 0 aliphatic carbocycles. The first-order chi connectivity index (χ1) is 12.8. The standard InChI is InChI=1S/C20H32FN3O4/c1-18(2,3)28-17(25)24-11-14(21)8-15(24)12-23-10-13(9-22-23)16-26-19(4,5)20(6,7)27-16/h9-10,14-16H,8,11-12H2,1-7H3/t14?,15-/m0/s1. The number of likely N-dealkylation sites (tertiary alicyclic amines) is 1. The summed E-state index contributed by atoms with van der Waals surface area (Å²) in [6.07, 6.45) is 1.75. The Morgan fingerprint density at radius 2 is 1.89 bits per heavy atom. The number of nitrogens with zero attached hydrogens (tertiary/aromatic N) is 3. The van der Waals surface area contributed by atoms with E-state index in [0.29, 0.717) is 6.54 Å². The van der Waals surface area contributed by atoms with Crippen LogP contribution in [0.4, 0.5) is 9.18 Å². The van der Waals surface area contributed by atoms with Gasteiger partial charge >= 0.3 is 6.09 Å². The Bertz CT molecular complexity index is 709. The van der Waals surface area contributed by atoms with Crippen molar-refractivity contribution < 1.29 is 23.4 Å². The fraction of sp³-hybridized carbons (Fsp3) is 0.800. The zero-order valence-corrected chi connectivity index (χ0v) is 17.9. The molecule has 3 heterocycles. The molecular weight excluding hydrogens is 365 g/mol. The lowest BCUT2D eigenvalue weighted by atomic mass is 9.90. The first kappa shape index (κ1) is 21.0. The Morgan fingerprint density at radius 1 is 1.29 bits per heavy atom. The third-order valence-corrected chi connectivity index (χ3v) is 5.57. The highest BCUT2D eigenvalue weighted by atomic mass is 19.1. The maximum Gasteiger partial charge on any atom is 0.410 e. The molecular formula is C20H32FN3O4. The lowest BCUT2D eigenvalue weighted by molar-refractivity contribution is -0.0896. The van der Waals surface area contributed by atoms with Crippen molar-refractivity contribution in [3.63, 3.8) is 0 Å². The number of amides is 1. The molecule has 0 spiro atoms. The lowest BCUT2D eigenvalue weighted by Gasteiger charge is -2.30. The molecule has 2 atom stereocenters. The molecule has 0 aromatic carbocycles. The van der Waals surface area contributed by atoms with Crippen LogP contribution in [0.5, 0.6) is 0 Å². The van der Waals surface area contributed by atoms with Crippen LogP contribution in [0.2, 0.25) is 0 Å². The monoisotopic (exact) mass is 397 g/mol. The van der Waals surface area contributed by atoms with Crippen LogP contribution >= 0.6 is 0 Å². The SMILES string of the molecule is CC(C)(C)OC(=O)N1CC(F)C[C@H]1Cn1cc(C2OC(C)(C)C(C)(C)O2)cn1.